The summed E-state index contributed by atoms with van der Waals surface area (Å²) in [7, 11) is 0. The van der Waals surface area contributed by atoms with Crippen LogP contribution in [0.3, 0.4) is 0 Å². The number of carbonyl (C=O) groups is 2. The van der Waals surface area contributed by atoms with Gasteiger partial charge >= 0.3 is 11.9 Å². The molecule has 4 heteroatoms. The van der Waals surface area contributed by atoms with Crippen LogP contribution in [0.5, 0.6) is 0 Å². The normalized spacial score (nSPS) is 24.8. The predicted molar refractivity (Wildman–Crippen MR) is 88.7 cm³/mol. The van der Waals surface area contributed by atoms with E-state index in [9.17, 15) is 9.59 Å². The first kappa shape index (κ1) is 17.8. The van der Waals surface area contributed by atoms with E-state index in [0.717, 1.165) is 12.0 Å². The molecule has 0 radical (unpaired) electrons. The molecule has 23 heavy (non-hydrogen) atoms. The van der Waals surface area contributed by atoms with Crippen LogP contribution in [0.1, 0.15) is 53.9 Å². The SMILES string of the molecule is CCOC(=O)C1(C(=O)OCC)CC2=CC(C)(C)CC(C)=C[C@@H]2C1. The van der Waals surface area contributed by atoms with Crippen LogP contribution in [-0.4, -0.2) is 25.2 Å². The largest absolute Gasteiger partial charge is 0.465 e. The van der Waals surface area contributed by atoms with Gasteiger partial charge in [-0.3, -0.25) is 9.59 Å². The van der Waals surface area contributed by atoms with Gasteiger partial charge in [0.1, 0.15) is 0 Å². The molecule has 0 amide bonds. The van der Waals surface area contributed by atoms with Gasteiger partial charge in [0.15, 0.2) is 5.41 Å². The third-order valence-electron chi connectivity index (χ3n) is 4.68. The fourth-order valence-electron chi connectivity index (χ4n) is 3.99. The van der Waals surface area contributed by atoms with Crippen molar-refractivity contribution in [3.8, 4) is 0 Å². The Morgan fingerprint density at radius 1 is 1.13 bits per heavy atom. The van der Waals surface area contributed by atoms with Crippen LogP contribution in [0.25, 0.3) is 0 Å². The Bertz CT molecular complexity index is 536. The van der Waals surface area contributed by atoms with Gasteiger partial charge in [-0.05, 0) is 51.4 Å². The Kier molecular flexibility index (Phi) is 5.02. The number of esters is 2. The lowest BCUT2D eigenvalue weighted by Crippen LogP contribution is -2.40. The van der Waals surface area contributed by atoms with Gasteiger partial charge in [0, 0.05) is 0 Å². The Hall–Kier alpha value is -1.58. The minimum atomic E-state index is -1.19. The number of allylic oxidation sites excluding steroid dienone is 4. The van der Waals surface area contributed by atoms with E-state index < -0.39 is 17.4 Å². The van der Waals surface area contributed by atoms with E-state index in [4.69, 9.17) is 9.47 Å². The second-order valence-corrected chi connectivity index (χ2v) is 7.41. The Morgan fingerprint density at radius 3 is 2.22 bits per heavy atom. The maximum absolute atomic E-state index is 12.6. The maximum atomic E-state index is 12.6. The summed E-state index contributed by atoms with van der Waals surface area (Å²) in [5, 5.41) is 0. The number of rotatable bonds is 4. The van der Waals surface area contributed by atoms with Crippen LogP contribution >= 0.6 is 0 Å². The van der Waals surface area contributed by atoms with E-state index in [1.165, 1.54) is 5.57 Å². The Morgan fingerprint density at radius 2 is 1.70 bits per heavy atom. The van der Waals surface area contributed by atoms with Crippen molar-refractivity contribution in [1.82, 2.24) is 0 Å². The first-order valence-corrected chi connectivity index (χ1v) is 8.47. The van der Waals surface area contributed by atoms with Gasteiger partial charge in [0.2, 0.25) is 0 Å². The van der Waals surface area contributed by atoms with Crippen molar-refractivity contribution in [2.75, 3.05) is 13.2 Å². The average molecular weight is 320 g/mol. The molecule has 1 atom stereocenters. The summed E-state index contributed by atoms with van der Waals surface area (Å²) in [4.78, 5) is 25.2. The fraction of sp³-hybridized carbons (Fsp3) is 0.684. The lowest BCUT2D eigenvalue weighted by atomic mass is 9.82. The lowest BCUT2D eigenvalue weighted by Gasteiger charge is -2.25. The number of hydrogen-bond donors (Lipinski definition) is 0. The summed E-state index contributed by atoms with van der Waals surface area (Å²) >= 11 is 0. The highest BCUT2D eigenvalue weighted by molar-refractivity contribution is 6.01. The van der Waals surface area contributed by atoms with E-state index in [-0.39, 0.29) is 24.5 Å². The molecule has 0 aromatic carbocycles. The molecule has 0 spiro atoms. The quantitative estimate of drug-likeness (QED) is 0.449. The highest BCUT2D eigenvalue weighted by atomic mass is 16.6. The molecule has 0 aromatic rings. The summed E-state index contributed by atoms with van der Waals surface area (Å²) in [6.07, 6.45) is 6.30. The summed E-state index contributed by atoms with van der Waals surface area (Å²) in [6, 6.07) is 0. The fourth-order valence-corrected chi connectivity index (χ4v) is 3.99. The molecule has 2 aliphatic rings. The van der Waals surface area contributed by atoms with Crippen molar-refractivity contribution in [2.24, 2.45) is 16.7 Å². The molecule has 128 valence electrons. The van der Waals surface area contributed by atoms with Crippen LogP contribution in [0, 0.1) is 16.7 Å². The van der Waals surface area contributed by atoms with E-state index in [0.29, 0.717) is 12.8 Å². The zero-order valence-corrected chi connectivity index (χ0v) is 14.9. The molecule has 2 rings (SSSR count). The van der Waals surface area contributed by atoms with Gasteiger partial charge in [-0.2, -0.15) is 0 Å². The molecule has 1 saturated carbocycles. The minimum Gasteiger partial charge on any atom is -0.465 e. The second kappa shape index (κ2) is 6.50. The minimum absolute atomic E-state index is 0.0318. The molecule has 4 nitrogen and oxygen atoms in total. The van der Waals surface area contributed by atoms with Gasteiger partial charge in [0.25, 0.3) is 0 Å². The number of hydrogen-bond acceptors (Lipinski definition) is 4. The first-order chi connectivity index (χ1) is 10.7. The molecule has 0 saturated heterocycles. The van der Waals surface area contributed by atoms with Crippen LogP contribution in [0.2, 0.25) is 0 Å². The van der Waals surface area contributed by atoms with Crippen molar-refractivity contribution in [2.45, 2.75) is 53.9 Å². The predicted octanol–water partition coefficient (Wildman–Crippen LogP) is 3.81. The monoisotopic (exact) mass is 320 g/mol. The van der Waals surface area contributed by atoms with Crippen LogP contribution < -0.4 is 0 Å². The molecular formula is C19H28O4. The molecule has 0 unspecified atom stereocenters. The van der Waals surface area contributed by atoms with Gasteiger partial charge < -0.3 is 9.47 Å². The highest BCUT2D eigenvalue weighted by Gasteiger charge is 2.55. The van der Waals surface area contributed by atoms with E-state index in [2.05, 4.69) is 32.9 Å². The van der Waals surface area contributed by atoms with Crippen LogP contribution in [0.15, 0.2) is 23.3 Å². The summed E-state index contributed by atoms with van der Waals surface area (Å²) < 4.78 is 10.5. The van der Waals surface area contributed by atoms with Crippen molar-refractivity contribution >= 4 is 11.9 Å². The van der Waals surface area contributed by atoms with Crippen molar-refractivity contribution in [3.63, 3.8) is 0 Å². The number of fused-ring (bicyclic) bond motifs is 1. The zero-order chi connectivity index (χ0) is 17.3. The van der Waals surface area contributed by atoms with E-state index >= 15 is 0 Å². The van der Waals surface area contributed by atoms with Crippen molar-refractivity contribution < 1.29 is 19.1 Å². The Labute approximate surface area is 138 Å². The Balaban J connectivity index is 2.42. The second-order valence-electron chi connectivity index (χ2n) is 7.41. The van der Waals surface area contributed by atoms with Gasteiger partial charge in [-0.1, -0.05) is 37.1 Å². The molecule has 1 fully saturated rings. The average Bonchev–Trinajstić information content (AvgIpc) is 2.72. The molecule has 2 aliphatic carbocycles. The summed E-state index contributed by atoms with van der Waals surface area (Å²) in [5.74, 6) is -0.779. The third-order valence-corrected chi connectivity index (χ3v) is 4.68. The standard InChI is InChI=1S/C19H28O4/c1-6-22-16(20)19(17(21)23-7-2)11-14-8-13(3)9-18(4,5)10-15(14)12-19/h8,10,14H,6-7,9,11-12H2,1-5H3/t14-/m1/s1. The summed E-state index contributed by atoms with van der Waals surface area (Å²) in [6.45, 7) is 10.6. The highest BCUT2D eigenvalue weighted by Crippen LogP contribution is 2.51. The lowest BCUT2D eigenvalue weighted by molar-refractivity contribution is -0.171. The zero-order valence-electron chi connectivity index (χ0n) is 14.9. The van der Waals surface area contributed by atoms with Gasteiger partial charge in [0.05, 0.1) is 13.2 Å². The van der Waals surface area contributed by atoms with E-state index in [1.54, 1.807) is 13.8 Å². The van der Waals surface area contributed by atoms with Crippen LogP contribution in [-0.2, 0) is 19.1 Å². The molecule has 0 aromatic heterocycles. The topological polar surface area (TPSA) is 52.6 Å². The third kappa shape index (κ3) is 3.51. The molecular weight excluding hydrogens is 292 g/mol. The molecule has 0 heterocycles. The maximum Gasteiger partial charge on any atom is 0.323 e. The van der Waals surface area contributed by atoms with Crippen molar-refractivity contribution in [3.05, 3.63) is 23.3 Å². The van der Waals surface area contributed by atoms with Gasteiger partial charge in [-0.25, -0.2) is 0 Å². The molecule has 0 aliphatic heterocycles. The van der Waals surface area contributed by atoms with Crippen molar-refractivity contribution in [1.29, 1.82) is 0 Å². The summed E-state index contributed by atoms with van der Waals surface area (Å²) in [5.41, 5.74) is 1.30. The number of carbonyl (C=O) groups excluding carboxylic acids is 2. The molecule has 0 bridgehead atoms. The molecule has 0 N–H and O–H groups in total. The van der Waals surface area contributed by atoms with Gasteiger partial charge in [-0.15, -0.1) is 0 Å². The smallest absolute Gasteiger partial charge is 0.323 e. The van der Waals surface area contributed by atoms with Crippen LogP contribution in [0.4, 0.5) is 0 Å². The van der Waals surface area contributed by atoms with E-state index in [1.807, 2.05) is 0 Å². The first-order valence-electron chi connectivity index (χ1n) is 8.47. The number of ether oxygens (including phenoxy) is 2.